The second-order valence-corrected chi connectivity index (χ2v) is 10.6. The molecule has 1 saturated heterocycles. The molecule has 0 spiro atoms. The van der Waals surface area contributed by atoms with E-state index in [1.807, 2.05) is 17.0 Å². The van der Waals surface area contributed by atoms with Crippen molar-refractivity contribution in [2.45, 2.75) is 10.9 Å². The van der Waals surface area contributed by atoms with Crippen LogP contribution >= 0.6 is 34.8 Å². The van der Waals surface area contributed by atoms with E-state index in [1.165, 1.54) is 4.31 Å². The van der Waals surface area contributed by atoms with Crippen molar-refractivity contribution in [3.8, 4) is 0 Å². The number of nitrogens with zero attached hydrogens (tertiary/aromatic N) is 2. The molecule has 2 atom stereocenters. The number of hydrogen-bond acceptors (Lipinski definition) is 2. The van der Waals surface area contributed by atoms with Gasteiger partial charge in [-0.05, 0) is 46.2 Å². The Hall–Kier alpha value is -1.74. The van der Waals surface area contributed by atoms with Gasteiger partial charge in [-0.2, -0.15) is 4.55 Å². The van der Waals surface area contributed by atoms with E-state index in [-0.39, 0.29) is 24.0 Å². The summed E-state index contributed by atoms with van der Waals surface area (Å²) < 4.78 is 52.6. The number of rotatable bonds is 4. The fraction of sp³-hybridized carbons (Fsp3) is 0.182. The Morgan fingerprint density at radius 2 is 1.56 bits per heavy atom. The number of anilines is 1. The predicted molar refractivity (Wildman–Crippen MR) is 125 cm³/mol. The van der Waals surface area contributed by atoms with Crippen LogP contribution < -0.4 is 4.90 Å². The second-order valence-electron chi connectivity index (χ2n) is 7.32. The van der Waals surface area contributed by atoms with E-state index in [0.717, 1.165) is 29.4 Å². The predicted octanol–water partition coefficient (Wildman–Crippen LogP) is 6.73. The van der Waals surface area contributed by atoms with Crippen molar-refractivity contribution < 1.29 is 17.5 Å². The van der Waals surface area contributed by atoms with E-state index in [9.17, 15) is 17.5 Å². The summed E-state index contributed by atoms with van der Waals surface area (Å²) in [5, 5.41) is 1.51. The molecule has 4 rings (SSSR count). The molecule has 1 fully saturated rings. The third kappa shape index (κ3) is 4.64. The molecule has 3 aromatic rings. The highest BCUT2D eigenvalue weighted by molar-refractivity contribution is 7.95. The first kappa shape index (κ1) is 23.4. The maximum atomic E-state index is 13.7. The minimum absolute atomic E-state index is 0.134. The Morgan fingerprint density at radius 1 is 0.875 bits per heavy atom. The Balaban J connectivity index is 1.72. The lowest BCUT2D eigenvalue weighted by Crippen LogP contribution is -2.52. The smallest absolute Gasteiger partial charge is 0.325 e. The molecule has 0 aliphatic carbocycles. The molecule has 1 aliphatic rings. The van der Waals surface area contributed by atoms with Gasteiger partial charge >= 0.3 is 10.4 Å². The highest BCUT2D eigenvalue weighted by Crippen LogP contribution is 2.38. The van der Waals surface area contributed by atoms with Crippen molar-refractivity contribution in [1.29, 1.82) is 0 Å². The zero-order valence-electron chi connectivity index (χ0n) is 16.5. The molecule has 1 N–H and O–H groups in total. The molecule has 0 saturated carbocycles. The fourth-order valence-corrected chi connectivity index (χ4v) is 5.86. The van der Waals surface area contributed by atoms with Crippen molar-refractivity contribution in [2.75, 3.05) is 24.5 Å². The van der Waals surface area contributed by atoms with Crippen LogP contribution in [-0.2, 0) is 14.6 Å². The van der Waals surface area contributed by atoms with Crippen LogP contribution in [0.2, 0.25) is 15.1 Å². The van der Waals surface area contributed by atoms with Crippen LogP contribution in [0.1, 0.15) is 11.6 Å². The average molecular weight is 519 g/mol. The summed E-state index contributed by atoms with van der Waals surface area (Å²) in [5.74, 6) is -2.25. The first-order chi connectivity index (χ1) is 15.2. The molecular formula is C22H18Cl3F2N2O2S+. The first-order valence-corrected chi connectivity index (χ1v) is 12.2. The maximum Gasteiger partial charge on any atom is 0.325 e. The summed E-state index contributed by atoms with van der Waals surface area (Å²) in [4.78, 5) is 1.84. The molecular weight excluding hydrogens is 501 g/mol. The van der Waals surface area contributed by atoms with Gasteiger partial charge in [0.2, 0.25) is 4.90 Å². The standard InChI is InChI=1S/C22H17Cl3F2N2O2S/c23-15-3-1-14(2-4-15)22-13-28(32(30,31)17-6-7-19(26)20(27)12-17)9-10-29(22)21-8-5-16(24)11-18(21)25/h1-8,11-12,22H,9-10,13H2/p+1. The van der Waals surface area contributed by atoms with E-state index >= 15 is 0 Å². The number of benzene rings is 3. The fourth-order valence-electron chi connectivity index (χ4n) is 3.75. The van der Waals surface area contributed by atoms with Crippen LogP contribution in [0.3, 0.4) is 0 Å². The zero-order valence-corrected chi connectivity index (χ0v) is 19.6. The van der Waals surface area contributed by atoms with Crippen molar-refractivity contribution in [3.63, 3.8) is 0 Å². The molecule has 0 bridgehead atoms. The molecule has 3 aromatic carbocycles. The molecule has 1 heterocycles. The van der Waals surface area contributed by atoms with E-state index in [1.54, 1.807) is 30.3 Å². The molecule has 10 heteroatoms. The maximum absolute atomic E-state index is 13.7. The summed E-state index contributed by atoms with van der Waals surface area (Å²) in [6, 6.07) is 14.7. The highest BCUT2D eigenvalue weighted by atomic mass is 35.5. The second kappa shape index (κ2) is 9.25. The van der Waals surface area contributed by atoms with Crippen LogP contribution in [0, 0.1) is 11.6 Å². The Bertz CT molecular complexity index is 1200. The van der Waals surface area contributed by atoms with Crippen molar-refractivity contribution in [1.82, 2.24) is 4.31 Å². The number of piperazine rings is 1. The van der Waals surface area contributed by atoms with E-state index in [2.05, 4.69) is 0 Å². The zero-order chi connectivity index (χ0) is 23.0. The third-order valence-electron chi connectivity index (χ3n) is 5.37. The van der Waals surface area contributed by atoms with Crippen LogP contribution in [0.4, 0.5) is 14.5 Å². The SMILES string of the molecule is O=[S+](O)(c1ccc(F)c(F)c1)N1CCN(c2ccc(Cl)cc2Cl)C(c2ccc(Cl)cc2)C1. The topological polar surface area (TPSA) is 43.8 Å². The largest absolute Gasteiger partial charge is 0.360 e. The molecule has 2 unspecified atom stereocenters. The molecule has 168 valence electrons. The van der Waals surface area contributed by atoms with Gasteiger partial charge in [0.05, 0.1) is 29.8 Å². The van der Waals surface area contributed by atoms with Crippen LogP contribution in [-0.4, -0.2) is 28.5 Å². The van der Waals surface area contributed by atoms with Gasteiger partial charge in [0.25, 0.3) is 0 Å². The monoisotopic (exact) mass is 517 g/mol. The van der Waals surface area contributed by atoms with Gasteiger partial charge in [0.15, 0.2) is 11.6 Å². The summed E-state index contributed by atoms with van der Waals surface area (Å²) in [5.41, 5.74) is 1.58. The first-order valence-electron chi connectivity index (χ1n) is 9.61. The lowest BCUT2D eigenvalue weighted by Gasteiger charge is -2.41. The van der Waals surface area contributed by atoms with Gasteiger partial charge in [-0.1, -0.05) is 51.2 Å². The van der Waals surface area contributed by atoms with Crippen LogP contribution in [0.15, 0.2) is 65.6 Å². The van der Waals surface area contributed by atoms with E-state index in [4.69, 9.17) is 34.8 Å². The van der Waals surface area contributed by atoms with Gasteiger partial charge in [0, 0.05) is 28.7 Å². The normalized spacial score (nSPS) is 19.1. The lowest BCUT2D eigenvalue weighted by molar-refractivity contribution is 0.309. The van der Waals surface area contributed by atoms with Crippen molar-refractivity contribution in [3.05, 3.63) is 92.9 Å². The Kier molecular flexibility index (Phi) is 6.77. The van der Waals surface area contributed by atoms with Gasteiger partial charge in [-0.3, -0.25) is 0 Å². The number of halogens is 5. The van der Waals surface area contributed by atoms with Gasteiger partial charge in [-0.15, -0.1) is 0 Å². The molecule has 4 nitrogen and oxygen atoms in total. The average Bonchev–Trinajstić information content (AvgIpc) is 2.76. The minimum Gasteiger partial charge on any atom is -0.360 e. The van der Waals surface area contributed by atoms with Crippen LogP contribution in [0.25, 0.3) is 0 Å². The van der Waals surface area contributed by atoms with Gasteiger partial charge in [0.1, 0.15) is 0 Å². The summed E-state index contributed by atoms with van der Waals surface area (Å²) in [7, 11) is -3.80. The molecule has 1 aliphatic heterocycles. The van der Waals surface area contributed by atoms with Crippen molar-refractivity contribution in [2.24, 2.45) is 0 Å². The lowest BCUT2D eigenvalue weighted by atomic mass is 10.0. The summed E-state index contributed by atoms with van der Waals surface area (Å²) in [6.07, 6.45) is 0. The molecule has 0 amide bonds. The number of hydrogen-bond donors (Lipinski definition) is 1. The molecule has 0 radical (unpaired) electrons. The summed E-state index contributed by atoms with van der Waals surface area (Å²) in [6.45, 7) is 0.683. The molecule has 0 aromatic heterocycles. The minimum atomic E-state index is -3.80. The summed E-state index contributed by atoms with van der Waals surface area (Å²) >= 11 is 18.5. The highest BCUT2D eigenvalue weighted by Gasteiger charge is 2.44. The van der Waals surface area contributed by atoms with Crippen molar-refractivity contribution >= 4 is 50.9 Å². The van der Waals surface area contributed by atoms with E-state index in [0.29, 0.717) is 21.6 Å². The quantitative estimate of drug-likeness (QED) is 0.389. The van der Waals surface area contributed by atoms with Crippen LogP contribution in [0.5, 0.6) is 0 Å². The Morgan fingerprint density at radius 3 is 2.22 bits per heavy atom. The van der Waals surface area contributed by atoms with Gasteiger partial charge in [-0.25, -0.2) is 8.78 Å². The van der Waals surface area contributed by atoms with Gasteiger partial charge < -0.3 is 4.90 Å². The van der Waals surface area contributed by atoms with E-state index < -0.39 is 22.0 Å². The Labute approximate surface area is 200 Å². The molecule has 32 heavy (non-hydrogen) atoms. The third-order valence-corrected chi connectivity index (χ3v) is 8.05.